The molecule has 1 aliphatic carbocycles. The van der Waals surface area contributed by atoms with Gasteiger partial charge in [-0.1, -0.05) is 52.2 Å². The minimum absolute atomic E-state index is 0.0558. The van der Waals surface area contributed by atoms with E-state index >= 15 is 0 Å². The molecule has 1 aromatic rings. The Balaban J connectivity index is 2.12. The topological polar surface area (TPSA) is 0 Å². The van der Waals surface area contributed by atoms with Crippen molar-refractivity contribution in [3.63, 3.8) is 0 Å². The second kappa shape index (κ2) is 6.08. The van der Waals surface area contributed by atoms with Gasteiger partial charge in [0.2, 0.25) is 0 Å². The molecule has 0 aromatic heterocycles. The number of benzene rings is 1. The summed E-state index contributed by atoms with van der Waals surface area (Å²) in [7, 11) is -3.13. The van der Waals surface area contributed by atoms with E-state index < -0.39 is 14.0 Å². The lowest BCUT2D eigenvalue weighted by atomic mass is 9.86. The lowest BCUT2D eigenvalue weighted by Gasteiger charge is -2.39. The maximum Gasteiger partial charge on any atom is 0.442 e. The molecule has 1 aromatic carbocycles. The summed E-state index contributed by atoms with van der Waals surface area (Å²) >= 11 is 3.26. The van der Waals surface area contributed by atoms with Gasteiger partial charge >= 0.3 is 5.51 Å². The SMILES string of the molecule is CC(C)(C)c1ccc2c(c1)S(Br)(C(F)(F)F)C(C1CCCCC1)=C2. The van der Waals surface area contributed by atoms with E-state index in [0.717, 1.165) is 43.2 Å². The van der Waals surface area contributed by atoms with Gasteiger partial charge in [-0.15, -0.1) is 0 Å². The molecule has 1 unspecified atom stereocenters. The van der Waals surface area contributed by atoms with Crippen molar-refractivity contribution in [3.8, 4) is 0 Å². The van der Waals surface area contributed by atoms with Crippen molar-refractivity contribution in [2.24, 2.45) is 5.92 Å². The summed E-state index contributed by atoms with van der Waals surface area (Å²) in [5.74, 6) is 0.0558. The highest BCUT2D eigenvalue weighted by atomic mass is 79.9. The molecule has 0 radical (unpaired) electrons. The summed E-state index contributed by atoms with van der Waals surface area (Å²) in [6, 6.07) is 5.64. The van der Waals surface area contributed by atoms with Crippen LogP contribution in [0.4, 0.5) is 13.2 Å². The van der Waals surface area contributed by atoms with Crippen molar-refractivity contribution in [1.82, 2.24) is 0 Å². The van der Waals surface area contributed by atoms with Gasteiger partial charge in [0.05, 0.1) is 0 Å². The predicted octanol–water partition coefficient (Wildman–Crippen LogP) is 7.91. The molecule has 0 N–H and O–H groups in total. The van der Waals surface area contributed by atoms with Crippen LogP contribution in [-0.2, 0) is 5.41 Å². The fraction of sp³-hybridized carbons (Fsp3) is 0.579. The minimum Gasteiger partial charge on any atom is -0.160 e. The van der Waals surface area contributed by atoms with Crippen LogP contribution in [0.5, 0.6) is 0 Å². The fourth-order valence-electron chi connectivity index (χ4n) is 3.72. The molecule has 134 valence electrons. The lowest BCUT2D eigenvalue weighted by molar-refractivity contribution is -0.0357. The summed E-state index contributed by atoms with van der Waals surface area (Å²) in [4.78, 5) is 1.04. The van der Waals surface area contributed by atoms with Crippen molar-refractivity contribution in [3.05, 3.63) is 34.2 Å². The highest BCUT2D eigenvalue weighted by molar-refractivity contribution is 9.59. The molecule has 1 saturated carbocycles. The van der Waals surface area contributed by atoms with Crippen LogP contribution >= 0.6 is 23.3 Å². The third-order valence-corrected chi connectivity index (χ3v) is 11.1. The first-order valence-corrected chi connectivity index (χ1v) is 12.0. The molecule has 0 bridgehead atoms. The number of hydrogen-bond acceptors (Lipinski definition) is 0. The number of hydrogen-bond donors (Lipinski definition) is 0. The van der Waals surface area contributed by atoms with Crippen molar-refractivity contribution >= 4 is 29.4 Å². The highest BCUT2D eigenvalue weighted by Crippen LogP contribution is 2.82. The second-order valence-electron chi connectivity index (χ2n) is 7.87. The van der Waals surface area contributed by atoms with Gasteiger partial charge in [0.15, 0.2) is 0 Å². The van der Waals surface area contributed by atoms with Crippen LogP contribution < -0.4 is 0 Å². The number of alkyl halides is 3. The monoisotopic (exact) mass is 420 g/mol. The van der Waals surface area contributed by atoms with Gasteiger partial charge < -0.3 is 0 Å². The molecule has 1 aliphatic heterocycles. The van der Waals surface area contributed by atoms with Crippen LogP contribution in [-0.4, -0.2) is 5.51 Å². The van der Waals surface area contributed by atoms with Gasteiger partial charge in [-0.25, -0.2) is 0 Å². The maximum atomic E-state index is 14.2. The molecule has 1 heterocycles. The van der Waals surface area contributed by atoms with E-state index in [1.165, 1.54) is 0 Å². The lowest BCUT2D eigenvalue weighted by Crippen LogP contribution is -2.21. The van der Waals surface area contributed by atoms with E-state index in [1.54, 1.807) is 6.07 Å². The van der Waals surface area contributed by atoms with E-state index in [0.29, 0.717) is 9.80 Å². The average molecular weight is 421 g/mol. The molecule has 0 spiro atoms. The molecule has 0 nitrogen and oxygen atoms in total. The number of halogens is 4. The van der Waals surface area contributed by atoms with Gasteiger partial charge in [-0.3, -0.25) is 0 Å². The van der Waals surface area contributed by atoms with Gasteiger partial charge in [0.1, 0.15) is 0 Å². The fourth-order valence-corrected chi connectivity index (χ4v) is 8.13. The Hall–Kier alpha value is -0.420. The molecule has 3 rings (SSSR count). The van der Waals surface area contributed by atoms with Gasteiger partial charge in [0.25, 0.3) is 0 Å². The van der Waals surface area contributed by atoms with Crippen LogP contribution in [0, 0.1) is 5.92 Å². The Labute approximate surface area is 151 Å². The maximum absolute atomic E-state index is 14.2. The van der Waals surface area contributed by atoms with E-state index in [1.807, 2.05) is 39.0 Å². The first-order chi connectivity index (χ1) is 11.0. The molecule has 1 atom stereocenters. The number of rotatable bonds is 1. The number of allylic oxidation sites excluding steroid dienone is 1. The zero-order valence-electron chi connectivity index (χ0n) is 14.3. The van der Waals surface area contributed by atoms with Crippen molar-refractivity contribution < 1.29 is 13.2 Å². The van der Waals surface area contributed by atoms with E-state index in [2.05, 4.69) is 14.8 Å². The Kier molecular flexibility index (Phi) is 4.66. The molecule has 24 heavy (non-hydrogen) atoms. The van der Waals surface area contributed by atoms with Crippen molar-refractivity contribution in [2.45, 2.75) is 68.7 Å². The van der Waals surface area contributed by atoms with Gasteiger partial charge in [-0.2, -0.15) is 13.2 Å². The molecule has 2 aliphatic rings. The molecule has 1 fully saturated rings. The largest absolute Gasteiger partial charge is 0.442 e. The summed E-state index contributed by atoms with van der Waals surface area (Å²) in [5, 5.41) is 0. The second-order valence-corrected chi connectivity index (χ2v) is 13.2. The van der Waals surface area contributed by atoms with Crippen LogP contribution in [0.1, 0.15) is 64.0 Å². The van der Waals surface area contributed by atoms with E-state index in [4.69, 9.17) is 0 Å². The molecular weight excluding hydrogens is 397 g/mol. The smallest absolute Gasteiger partial charge is 0.160 e. The van der Waals surface area contributed by atoms with Crippen molar-refractivity contribution in [1.29, 1.82) is 0 Å². The summed E-state index contributed by atoms with van der Waals surface area (Å²) in [6.07, 6.45) is 6.79. The minimum atomic E-state index is -4.27. The summed E-state index contributed by atoms with van der Waals surface area (Å²) in [6.45, 7) is 6.12. The predicted molar refractivity (Wildman–Crippen MR) is 101 cm³/mol. The first kappa shape index (κ1) is 18.4. The van der Waals surface area contributed by atoms with Crippen LogP contribution in [0.2, 0.25) is 0 Å². The summed E-state index contributed by atoms with van der Waals surface area (Å²) < 4.78 is 42.6. The first-order valence-electron chi connectivity index (χ1n) is 8.50. The molecule has 0 amide bonds. The van der Waals surface area contributed by atoms with E-state index in [9.17, 15) is 13.2 Å². The van der Waals surface area contributed by atoms with Gasteiger partial charge in [0, 0.05) is 4.90 Å². The summed E-state index contributed by atoms with van der Waals surface area (Å²) in [5.41, 5.74) is -2.73. The Morgan fingerprint density at radius 3 is 2.21 bits per heavy atom. The normalized spacial score (nSPS) is 28.2. The number of fused-ring (bicyclic) bond motifs is 1. The van der Waals surface area contributed by atoms with Gasteiger partial charge in [-0.05, 0) is 75.6 Å². The van der Waals surface area contributed by atoms with Crippen LogP contribution in [0.3, 0.4) is 0 Å². The zero-order chi connectivity index (χ0) is 17.8. The average Bonchev–Trinajstić information content (AvgIpc) is 2.81. The Morgan fingerprint density at radius 1 is 1.04 bits per heavy atom. The Morgan fingerprint density at radius 2 is 1.67 bits per heavy atom. The highest BCUT2D eigenvalue weighted by Gasteiger charge is 2.56. The van der Waals surface area contributed by atoms with Crippen molar-refractivity contribution in [2.75, 3.05) is 0 Å². The molecule has 0 saturated heterocycles. The van der Waals surface area contributed by atoms with E-state index in [-0.39, 0.29) is 11.3 Å². The third kappa shape index (κ3) is 2.96. The Bertz CT molecular complexity index is 666. The molecule has 5 heteroatoms. The molecular formula is C19H24BrF3S. The zero-order valence-corrected chi connectivity index (χ0v) is 16.7. The van der Waals surface area contributed by atoms with Crippen LogP contribution in [0.25, 0.3) is 6.08 Å². The van der Waals surface area contributed by atoms with Crippen LogP contribution in [0.15, 0.2) is 28.0 Å². The quantitative estimate of drug-likeness (QED) is 0.432. The standard InChI is InChI=1S/C19H24BrF3S/c1-18(2,3)15-10-9-14-11-16(13-7-5-4-6-8-13)24(20,17(14)12-15)19(21,22)23/h9-13H,4-8H2,1-3H3. The third-order valence-electron chi connectivity index (χ3n) is 5.13.